The van der Waals surface area contributed by atoms with Gasteiger partial charge in [0.05, 0.1) is 13.1 Å². The first-order valence-electron chi connectivity index (χ1n) is 12.2. The summed E-state index contributed by atoms with van der Waals surface area (Å²) in [5.41, 5.74) is 0. The van der Waals surface area contributed by atoms with Crippen LogP contribution in [0.1, 0.15) is 130 Å². The maximum absolute atomic E-state index is 10.4. The minimum absolute atomic E-state index is 0.463. The number of hydrogen-bond donors (Lipinski definition) is 2. The van der Waals surface area contributed by atoms with Crippen LogP contribution in [0.15, 0.2) is 0 Å². The molecule has 164 valence electrons. The topological polar surface area (TPSA) is 40.5 Å². The molecule has 0 spiro atoms. The van der Waals surface area contributed by atoms with Crippen molar-refractivity contribution in [2.45, 2.75) is 143 Å². The Morgan fingerprint density at radius 2 is 0.741 bits per heavy atom. The van der Waals surface area contributed by atoms with E-state index in [0.717, 1.165) is 25.9 Å². The van der Waals surface area contributed by atoms with E-state index in [0.29, 0.717) is 4.48 Å². The van der Waals surface area contributed by atoms with E-state index in [-0.39, 0.29) is 0 Å². The molecule has 3 nitrogen and oxygen atoms in total. The highest BCUT2D eigenvalue weighted by Gasteiger charge is 2.36. The summed E-state index contributed by atoms with van der Waals surface area (Å²) < 4.78 is 0.463. The van der Waals surface area contributed by atoms with Gasteiger partial charge in [0, 0.05) is 13.8 Å². The van der Waals surface area contributed by atoms with Gasteiger partial charge in [0.25, 0.3) is 0 Å². The molecule has 0 bridgehead atoms. The summed E-state index contributed by atoms with van der Waals surface area (Å²) in [4.78, 5) is 0. The Bertz CT molecular complexity index is 297. The number of unbranched alkanes of at least 4 members (excludes halogenated alkanes) is 14. The van der Waals surface area contributed by atoms with Crippen LogP contribution in [0.2, 0.25) is 0 Å². The highest BCUT2D eigenvalue weighted by atomic mass is 16.3. The standard InChI is InChI=1S/C24H52NO2/c1-5-7-9-11-13-14-15-16-18-20-22-25(23(3)26,24(4)27)21-19-17-12-10-8-6-2/h23-24,26-27H,5-22H2,1-4H3/q+1. The number of quaternary nitrogens is 1. The molecule has 0 saturated carbocycles. The van der Waals surface area contributed by atoms with E-state index < -0.39 is 12.5 Å². The van der Waals surface area contributed by atoms with Gasteiger partial charge in [0.15, 0.2) is 12.5 Å². The minimum Gasteiger partial charge on any atom is -0.345 e. The lowest BCUT2D eigenvalue weighted by Crippen LogP contribution is -2.60. The average molecular weight is 387 g/mol. The van der Waals surface area contributed by atoms with Crippen LogP contribution in [-0.2, 0) is 0 Å². The predicted molar refractivity (Wildman–Crippen MR) is 119 cm³/mol. The van der Waals surface area contributed by atoms with Crippen LogP contribution < -0.4 is 0 Å². The van der Waals surface area contributed by atoms with Gasteiger partial charge in [-0.05, 0) is 25.7 Å². The van der Waals surface area contributed by atoms with E-state index in [2.05, 4.69) is 13.8 Å². The smallest absolute Gasteiger partial charge is 0.189 e. The zero-order valence-corrected chi connectivity index (χ0v) is 19.2. The molecule has 0 saturated heterocycles. The normalized spacial score (nSPS) is 16.2. The molecule has 2 N–H and O–H groups in total. The molecule has 0 aliphatic rings. The third-order valence-electron chi connectivity index (χ3n) is 6.34. The average Bonchev–Trinajstić information content (AvgIpc) is 2.63. The van der Waals surface area contributed by atoms with Gasteiger partial charge in [-0.3, -0.25) is 4.48 Å². The van der Waals surface area contributed by atoms with Crippen LogP contribution in [0.3, 0.4) is 0 Å². The Labute approximate surface area is 171 Å². The molecule has 0 amide bonds. The van der Waals surface area contributed by atoms with Crippen LogP contribution >= 0.6 is 0 Å². The lowest BCUT2D eigenvalue weighted by molar-refractivity contribution is -1.01. The summed E-state index contributed by atoms with van der Waals surface area (Å²) in [6.07, 6.45) is 19.8. The number of hydrogen-bond acceptors (Lipinski definition) is 2. The molecule has 3 heteroatoms. The van der Waals surface area contributed by atoms with Gasteiger partial charge in [0.1, 0.15) is 0 Å². The van der Waals surface area contributed by atoms with E-state index in [4.69, 9.17) is 0 Å². The molecule has 0 rings (SSSR count). The van der Waals surface area contributed by atoms with Crippen molar-refractivity contribution in [3.05, 3.63) is 0 Å². The molecule has 2 atom stereocenters. The second kappa shape index (κ2) is 17.9. The molecule has 2 unspecified atom stereocenters. The maximum Gasteiger partial charge on any atom is 0.189 e. The number of aliphatic hydroxyl groups excluding tert-OH is 2. The van der Waals surface area contributed by atoms with Gasteiger partial charge < -0.3 is 10.2 Å². The van der Waals surface area contributed by atoms with Crippen LogP contribution in [0.5, 0.6) is 0 Å². The summed E-state index contributed by atoms with van der Waals surface area (Å²) in [7, 11) is 0. The molecule has 0 heterocycles. The molecule has 0 aromatic rings. The predicted octanol–water partition coefficient (Wildman–Crippen LogP) is 6.76. The van der Waals surface area contributed by atoms with E-state index in [1.807, 2.05) is 13.8 Å². The second-order valence-corrected chi connectivity index (χ2v) is 8.76. The first kappa shape index (κ1) is 26.9. The summed E-state index contributed by atoms with van der Waals surface area (Å²) >= 11 is 0. The van der Waals surface area contributed by atoms with Gasteiger partial charge in [-0.1, -0.05) is 90.9 Å². The van der Waals surface area contributed by atoms with E-state index in [9.17, 15) is 10.2 Å². The Kier molecular flexibility index (Phi) is 17.9. The zero-order valence-electron chi connectivity index (χ0n) is 19.2. The molecule has 27 heavy (non-hydrogen) atoms. The highest BCUT2D eigenvalue weighted by Crippen LogP contribution is 2.22. The fraction of sp³-hybridized carbons (Fsp3) is 1.00. The van der Waals surface area contributed by atoms with Gasteiger partial charge in [0.2, 0.25) is 0 Å². The van der Waals surface area contributed by atoms with Crippen molar-refractivity contribution in [3.8, 4) is 0 Å². The Balaban J connectivity index is 4.04. The molecular formula is C24H52NO2+. The zero-order chi connectivity index (χ0) is 20.4. The minimum atomic E-state index is -0.487. The molecule has 0 fully saturated rings. The van der Waals surface area contributed by atoms with Crippen molar-refractivity contribution >= 4 is 0 Å². The summed E-state index contributed by atoms with van der Waals surface area (Å²) in [5, 5.41) is 20.9. The first-order valence-corrected chi connectivity index (χ1v) is 12.2. The third kappa shape index (κ3) is 12.9. The van der Waals surface area contributed by atoms with E-state index >= 15 is 0 Å². The van der Waals surface area contributed by atoms with Gasteiger partial charge in [-0.25, -0.2) is 0 Å². The van der Waals surface area contributed by atoms with Gasteiger partial charge in [-0.2, -0.15) is 0 Å². The first-order chi connectivity index (χ1) is 13.0. The number of nitrogens with zero attached hydrogens (tertiary/aromatic N) is 1. The lowest BCUT2D eigenvalue weighted by atomic mass is 10.1. The van der Waals surface area contributed by atoms with Crippen LogP contribution in [-0.4, -0.2) is 40.2 Å². The van der Waals surface area contributed by atoms with Crippen molar-refractivity contribution in [2.75, 3.05) is 13.1 Å². The van der Waals surface area contributed by atoms with E-state index in [1.54, 1.807) is 0 Å². The SMILES string of the molecule is CCCCCCCCCCCC[N+](CCCCCCCC)(C(C)O)C(C)O. The molecule has 0 aliphatic carbocycles. The van der Waals surface area contributed by atoms with Gasteiger partial charge >= 0.3 is 0 Å². The summed E-state index contributed by atoms with van der Waals surface area (Å²) in [6.45, 7) is 10.0. The molecule has 0 aliphatic heterocycles. The Hall–Kier alpha value is -0.120. The number of aliphatic hydroxyl groups is 2. The fourth-order valence-electron chi connectivity index (χ4n) is 4.25. The summed E-state index contributed by atoms with van der Waals surface area (Å²) in [6, 6.07) is 0. The second-order valence-electron chi connectivity index (χ2n) is 8.76. The maximum atomic E-state index is 10.4. The molecular weight excluding hydrogens is 334 g/mol. The van der Waals surface area contributed by atoms with Crippen LogP contribution in [0.25, 0.3) is 0 Å². The lowest BCUT2D eigenvalue weighted by Gasteiger charge is -2.43. The fourth-order valence-corrected chi connectivity index (χ4v) is 4.25. The molecule has 0 aromatic carbocycles. The quantitative estimate of drug-likeness (QED) is 0.138. The van der Waals surface area contributed by atoms with Crippen molar-refractivity contribution in [1.29, 1.82) is 0 Å². The monoisotopic (exact) mass is 386 g/mol. The van der Waals surface area contributed by atoms with Crippen LogP contribution in [0, 0.1) is 0 Å². The summed E-state index contributed by atoms with van der Waals surface area (Å²) in [5.74, 6) is 0. The van der Waals surface area contributed by atoms with Crippen molar-refractivity contribution in [2.24, 2.45) is 0 Å². The van der Waals surface area contributed by atoms with Crippen LogP contribution in [0.4, 0.5) is 0 Å². The Morgan fingerprint density at radius 1 is 0.481 bits per heavy atom. The molecule has 0 radical (unpaired) electrons. The molecule has 0 aromatic heterocycles. The number of rotatable bonds is 20. The largest absolute Gasteiger partial charge is 0.345 e. The van der Waals surface area contributed by atoms with E-state index in [1.165, 1.54) is 89.9 Å². The third-order valence-corrected chi connectivity index (χ3v) is 6.34. The van der Waals surface area contributed by atoms with Crippen molar-refractivity contribution in [1.82, 2.24) is 0 Å². The highest BCUT2D eigenvalue weighted by molar-refractivity contribution is 4.53. The van der Waals surface area contributed by atoms with Crippen molar-refractivity contribution < 1.29 is 14.7 Å². The van der Waals surface area contributed by atoms with Gasteiger partial charge in [-0.15, -0.1) is 0 Å². The Morgan fingerprint density at radius 3 is 1.00 bits per heavy atom. The van der Waals surface area contributed by atoms with Crippen molar-refractivity contribution in [3.63, 3.8) is 0 Å².